The Morgan fingerprint density at radius 2 is 1.07 bits per heavy atom. The van der Waals surface area contributed by atoms with Gasteiger partial charge in [0.2, 0.25) is 0 Å². The van der Waals surface area contributed by atoms with Gasteiger partial charge in [-0.3, -0.25) is 0 Å². The second-order valence-corrected chi connectivity index (χ2v) is 5.35. The van der Waals surface area contributed by atoms with Gasteiger partial charge in [0, 0.05) is 5.75 Å². The summed E-state index contributed by atoms with van der Waals surface area (Å²) in [4.78, 5) is 0. The molecule has 0 rings (SSSR count). The second kappa shape index (κ2) is 12.0. The van der Waals surface area contributed by atoms with Crippen LogP contribution in [0.25, 0.3) is 0 Å². The van der Waals surface area contributed by atoms with Crippen molar-refractivity contribution in [3.8, 4) is 0 Å². The van der Waals surface area contributed by atoms with Crippen LogP contribution in [-0.2, 0) is 10.7 Å². The molecule has 0 N–H and O–H groups in total. The summed E-state index contributed by atoms with van der Waals surface area (Å²) in [6.07, 6.45) is 12.5. The van der Waals surface area contributed by atoms with Crippen molar-refractivity contribution in [1.82, 2.24) is 0 Å². The molecule has 0 amide bonds. The van der Waals surface area contributed by atoms with E-state index in [1.807, 2.05) is 0 Å². The molecular formula is C12H26O2S. The predicted molar refractivity (Wildman–Crippen MR) is 67.0 cm³/mol. The van der Waals surface area contributed by atoms with E-state index in [1.54, 1.807) is 0 Å². The van der Waals surface area contributed by atoms with Gasteiger partial charge in [0.15, 0.2) is 0 Å². The number of hydrogen-bond donors (Lipinski definition) is 1. The molecule has 3 heteroatoms. The van der Waals surface area contributed by atoms with Gasteiger partial charge in [0.1, 0.15) is 10.7 Å². The van der Waals surface area contributed by atoms with E-state index in [9.17, 15) is 8.42 Å². The molecule has 0 unspecified atom stereocenters. The minimum atomic E-state index is -2.14. The molecule has 0 aromatic rings. The molecule has 15 heavy (non-hydrogen) atoms. The molecule has 0 fully saturated rings. The lowest BCUT2D eigenvalue weighted by Crippen LogP contribution is -1.88. The van der Waals surface area contributed by atoms with Gasteiger partial charge in [-0.25, -0.2) is 8.42 Å². The Balaban J connectivity index is 2.92. The number of thiol groups is 1. The summed E-state index contributed by atoms with van der Waals surface area (Å²) in [5.74, 6) is 0.381. The minimum absolute atomic E-state index is 0.381. The van der Waals surface area contributed by atoms with Crippen molar-refractivity contribution in [1.29, 1.82) is 0 Å². The highest BCUT2D eigenvalue weighted by Crippen LogP contribution is 2.10. The van der Waals surface area contributed by atoms with E-state index < -0.39 is 10.7 Å². The highest BCUT2D eigenvalue weighted by Gasteiger charge is 1.93. The first kappa shape index (κ1) is 14.9. The summed E-state index contributed by atoms with van der Waals surface area (Å²) in [5.41, 5.74) is 0. The van der Waals surface area contributed by atoms with E-state index in [0.29, 0.717) is 5.75 Å². The van der Waals surface area contributed by atoms with Gasteiger partial charge < -0.3 is 0 Å². The zero-order chi connectivity index (χ0) is 11.4. The van der Waals surface area contributed by atoms with Crippen molar-refractivity contribution < 1.29 is 8.42 Å². The quantitative estimate of drug-likeness (QED) is 0.438. The predicted octanol–water partition coefficient (Wildman–Crippen LogP) is 3.52. The lowest BCUT2D eigenvalue weighted by molar-refractivity contribution is 0.560. The van der Waals surface area contributed by atoms with E-state index in [4.69, 9.17) is 0 Å². The standard InChI is InChI=1S/C12H26O2S/c1-2-3-4-5-6-7-8-9-10-11-12-15(13)14/h15H,2-12H2,1H3. The third kappa shape index (κ3) is 14.0. The maximum Gasteiger partial charge on any atom is 0.140 e. The molecule has 2 nitrogen and oxygen atoms in total. The molecule has 0 aromatic carbocycles. The van der Waals surface area contributed by atoms with Crippen LogP contribution in [0.15, 0.2) is 0 Å². The summed E-state index contributed by atoms with van der Waals surface area (Å²) in [6, 6.07) is 0. The highest BCUT2D eigenvalue weighted by atomic mass is 32.2. The van der Waals surface area contributed by atoms with Crippen molar-refractivity contribution >= 4 is 10.7 Å². The van der Waals surface area contributed by atoms with Gasteiger partial charge in [-0.1, -0.05) is 64.7 Å². The Bertz CT molecular complexity index is 180. The topological polar surface area (TPSA) is 34.1 Å². The van der Waals surface area contributed by atoms with Gasteiger partial charge in [0.05, 0.1) is 0 Å². The zero-order valence-electron chi connectivity index (χ0n) is 10.0. The first-order valence-corrected chi connectivity index (χ1v) is 7.75. The van der Waals surface area contributed by atoms with Crippen molar-refractivity contribution in [2.75, 3.05) is 5.75 Å². The van der Waals surface area contributed by atoms with Crippen molar-refractivity contribution in [3.05, 3.63) is 0 Å². The second-order valence-electron chi connectivity index (χ2n) is 4.24. The van der Waals surface area contributed by atoms with Crippen molar-refractivity contribution in [3.63, 3.8) is 0 Å². The number of rotatable bonds is 11. The molecule has 0 bridgehead atoms. The first-order chi connectivity index (χ1) is 7.27. The van der Waals surface area contributed by atoms with Crippen molar-refractivity contribution in [2.45, 2.75) is 71.1 Å². The highest BCUT2D eigenvalue weighted by molar-refractivity contribution is 7.72. The van der Waals surface area contributed by atoms with Gasteiger partial charge in [-0.2, -0.15) is 0 Å². The molecule has 0 aromatic heterocycles. The van der Waals surface area contributed by atoms with Gasteiger partial charge in [-0.05, 0) is 6.42 Å². The Morgan fingerprint density at radius 1 is 0.667 bits per heavy atom. The third-order valence-electron chi connectivity index (χ3n) is 2.69. The SMILES string of the molecule is CCCCCCCCCCCC[SH](=O)=O. The van der Waals surface area contributed by atoms with Gasteiger partial charge >= 0.3 is 0 Å². The Kier molecular flexibility index (Phi) is 12.0. The van der Waals surface area contributed by atoms with Crippen LogP contribution < -0.4 is 0 Å². The first-order valence-electron chi connectivity index (χ1n) is 6.39. The number of hydrogen-bond acceptors (Lipinski definition) is 2. The van der Waals surface area contributed by atoms with E-state index in [1.165, 1.54) is 51.4 Å². The normalized spacial score (nSPS) is 11.1. The largest absolute Gasteiger partial charge is 0.232 e. The monoisotopic (exact) mass is 234 g/mol. The molecule has 0 radical (unpaired) electrons. The molecule has 0 aliphatic rings. The van der Waals surface area contributed by atoms with Gasteiger partial charge in [0.25, 0.3) is 0 Å². The average molecular weight is 234 g/mol. The van der Waals surface area contributed by atoms with Crippen LogP contribution in [0.1, 0.15) is 71.1 Å². The van der Waals surface area contributed by atoms with E-state index in [-0.39, 0.29) is 0 Å². The van der Waals surface area contributed by atoms with Crippen molar-refractivity contribution in [2.24, 2.45) is 0 Å². The number of unbranched alkanes of at least 4 members (excludes halogenated alkanes) is 9. The Morgan fingerprint density at radius 3 is 1.47 bits per heavy atom. The van der Waals surface area contributed by atoms with Crippen LogP contribution in [0, 0.1) is 0 Å². The summed E-state index contributed by atoms with van der Waals surface area (Å²) >= 11 is 0. The molecule has 92 valence electrons. The van der Waals surface area contributed by atoms with Crippen LogP contribution >= 0.6 is 0 Å². The zero-order valence-corrected chi connectivity index (χ0v) is 10.9. The minimum Gasteiger partial charge on any atom is -0.232 e. The molecule has 0 spiro atoms. The summed E-state index contributed by atoms with van der Waals surface area (Å²) in [5, 5.41) is 0. The van der Waals surface area contributed by atoms with E-state index >= 15 is 0 Å². The Labute approximate surface area is 96.4 Å². The maximum atomic E-state index is 10.3. The summed E-state index contributed by atoms with van der Waals surface area (Å²) in [7, 11) is -2.14. The van der Waals surface area contributed by atoms with Crippen LogP contribution in [-0.4, -0.2) is 14.2 Å². The molecule has 0 aliphatic heterocycles. The van der Waals surface area contributed by atoms with Crippen LogP contribution in [0.3, 0.4) is 0 Å². The van der Waals surface area contributed by atoms with Crippen LogP contribution in [0.2, 0.25) is 0 Å². The van der Waals surface area contributed by atoms with E-state index in [2.05, 4.69) is 6.92 Å². The third-order valence-corrected chi connectivity index (χ3v) is 3.38. The Hall–Kier alpha value is -0.0500. The molecule has 0 saturated carbocycles. The molecular weight excluding hydrogens is 208 g/mol. The van der Waals surface area contributed by atoms with Crippen LogP contribution in [0.5, 0.6) is 0 Å². The summed E-state index contributed by atoms with van der Waals surface area (Å²) in [6.45, 7) is 2.24. The van der Waals surface area contributed by atoms with Gasteiger partial charge in [-0.15, -0.1) is 0 Å². The lowest BCUT2D eigenvalue weighted by atomic mass is 10.1. The average Bonchev–Trinajstić information content (AvgIpc) is 2.20. The maximum absolute atomic E-state index is 10.3. The molecule has 0 saturated heterocycles. The molecule has 0 atom stereocenters. The fourth-order valence-corrected chi connectivity index (χ4v) is 2.21. The molecule has 0 aliphatic carbocycles. The van der Waals surface area contributed by atoms with Crippen LogP contribution in [0.4, 0.5) is 0 Å². The molecule has 0 heterocycles. The summed E-state index contributed by atoms with van der Waals surface area (Å²) < 4.78 is 20.5. The fraction of sp³-hybridized carbons (Fsp3) is 1.00. The lowest BCUT2D eigenvalue weighted by Gasteiger charge is -2.00. The fourth-order valence-electron chi connectivity index (χ4n) is 1.73. The smallest absolute Gasteiger partial charge is 0.140 e. The van der Waals surface area contributed by atoms with E-state index in [0.717, 1.165) is 12.8 Å².